The Balaban J connectivity index is 2.00. The van der Waals surface area contributed by atoms with Gasteiger partial charge in [-0.05, 0) is 33.2 Å². The van der Waals surface area contributed by atoms with Gasteiger partial charge in [0.25, 0.3) is 0 Å². The first-order valence-electron chi connectivity index (χ1n) is 6.50. The van der Waals surface area contributed by atoms with Gasteiger partial charge in [0.2, 0.25) is 0 Å². The van der Waals surface area contributed by atoms with Crippen molar-refractivity contribution in [3.63, 3.8) is 0 Å². The number of aliphatic hydroxyl groups is 1. The third-order valence-corrected chi connectivity index (χ3v) is 3.51. The van der Waals surface area contributed by atoms with E-state index in [0.29, 0.717) is 17.8 Å². The molecule has 1 atom stereocenters. The third kappa shape index (κ3) is 3.07. The van der Waals surface area contributed by atoms with E-state index in [9.17, 15) is 0 Å². The minimum atomic E-state index is -0.0396. The fourth-order valence-electron chi connectivity index (χ4n) is 2.64. The topological polar surface area (TPSA) is 49.5 Å². The van der Waals surface area contributed by atoms with Crippen LogP contribution in [0.1, 0.15) is 44.7 Å². The molecule has 2 rings (SSSR count). The van der Waals surface area contributed by atoms with E-state index >= 15 is 0 Å². The first-order valence-corrected chi connectivity index (χ1v) is 6.50. The van der Waals surface area contributed by atoms with Crippen molar-refractivity contribution in [1.82, 2.24) is 9.88 Å². The van der Waals surface area contributed by atoms with Crippen LogP contribution in [-0.2, 0) is 13.0 Å². The predicted octanol–water partition coefficient (Wildman–Crippen LogP) is 1.97. The fourth-order valence-corrected chi connectivity index (χ4v) is 2.64. The van der Waals surface area contributed by atoms with Gasteiger partial charge < -0.3 is 9.52 Å². The molecular weight excluding hydrogens is 216 g/mol. The highest BCUT2D eigenvalue weighted by Gasteiger charge is 2.25. The smallest absolute Gasteiger partial charge is 0.195 e. The van der Waals surface area contributed by atoms with Gasteiger partial charge in [-0.15, -0.1) is 0 Å². The molecule has 0 aliphatic carbocycles. The van der Waals surface area contributed by atoms with Gasteiger partial charge in [0.1, 0.15) is 12.0 Å². The number of hydrogen-bond donors (Lipinski definition) is 1. The molecule has 1 saturated heterocycles. The van der Waals surface area contributed by atoms with Gasteiger partial charge in [-0.2, -0.15) is 0 Å². The summed E-state index contributed by atoms with van der Waals surface area (Å²) in [6.45, 7) is 5.62. The predicted molar refractivity (Wildman–Crippen MR) is 65.6 cm³/mol. The second-order valence-electron chi connectivity index (χ2n) is 5.08. The third-order valence-electron chi connectivity index (χ3n) is 3.51. The summed E-state index contributed by atoms with van der Waals surface area (Å²) in [5, 5.41) is 8.96. The second kappa shape index (κ2) is 5.65. The van der Waals surface area contributed by atoms with E-state index < -0.39 is 0 Å². The summed E-state index contributed by atoms with van der Waals surface area (Å²) in [4.78, 5) is 6.81. The Labute approximate surface area is 103 Å². The molecule has 1 unspecified atom stereocenters. The van der Waals surface area contributed by atoms with Crippen LogP contribution in [0.15, 0.2) is 10.7 Å². The summed E-state index contributed by atoms with van der Waals surface area (Å²) in [7, 11) is 0. The van der Waals surface area contributed by atoms with Crippen molar-refractivity contribution in [2.45, 2.75) is 58.2 Å². The summed E-state index contributed by atoms with van der Waals surface area (Å²) in [5.41, 5.74) is 0.631. The van der Waals surface area contributed by atoms with Crippen molar-refractivity contribution in [2.75, 3.05) is 6.54 Å². The molecule has 2 heterocycles. The van der Waals surface area contributed by atoms with Gasteiger partial charge in [0, 0.05) is 18.5 Å². The SMILES string of the molecule is CC(C)N1CCCCC1Cc1nc(CO)co1. The number of likely N-dealkylation sites (tertiary alicyclic amines) is 1. The molecule has 1 fully saturated rings. The molecule has 1 aliphatic heterocycles. The second-order valence-corrected chi connectivity index (χ2v) is 5.08. The summed E-state index contributed by atoms with van der Waals surface area (Å²) in [6, 6.07) is 1.11. The number of nitrogens with zero attached hydrogens (tertiary/aromatic N) is 2. The lowest BCUT2D eigenvalue weighted by Gasteiger charge is -2.38. The molecule has 17 heavy (non-hydrogen) atoms. The van der Waals surface area contributed by atoms with Gasteiger partial charge >= 0.3 is 0 Å². The molecule has 1 aromatic rings. The largest absolute Gasteiger partial charge is 0.449 e. The lowest BCUT2D eigenvalue weighted by Crippen LogP contribution is -2.45. The van der Waals surface area contributed by atoms with Crippen LogP contribution in [0.2, 0.25) is 0 Å². The molecule has 1 aliphatic rings. The molecule has 0 spiro atoms. The first kappa shape index (κ1) is 12.6. The molecule has 0 bridgehead atoms. The zero-order valence-corrected chi connectivity index (χ0v) is 10.7. The Morgan fingerprint density at radius 3 is 3.00 bits per heavy atom. The van der Waals surface area contributed by atoms with E-state index in [4.69, 9.17) is 9.52 Å². The normalized spacial score (nSPS) is 22.2. The maximum atomic E-state index is 8.96. The van der Waals surface area contributed by atoms with Crippen molar-refractivity contribution in [3.8, 4) is 0 Å². The maximum absolute atomic E-state index is 8.96. The average molecular weight is 238 g/mol. The highest BCUT2D eigenvalue weighted by Crippen LogP contribution is 2.22. The molecular formula is C13H22N2O2. The molecule has 4 heteroatoms. The fraction of sp³-hybridized carbons (Fsp3) is 0.769. The van der Waals surface area contributed by atoms with Crippen molar-refractivity contribution in [2.24, 2.45) is 0 Å². The van der Waals surface area contributed by atoms with Crippen molar-refractivity contribution < 1.29 is 9.52 Å². The van der Waals surface area contributed by atoms with E-state index in [1.54, 1.807) is 6.26 Å². The minimum Gasteiger partial charge on any atom is -0.449 e. The van der Waals surface area contributed by atoms with Gasteiger partial charge in [-0.25, -0.2) is 4.98 Å². The van der Waals surface area contributed by atoms with Gasteiger partial charge in [0.05, 0.1) is 6.61 Å². The number of aromatic nitrogens is 1. The lowest BCUT2D eigenvalue weighted by molar-refractivity contribution is 0.107. The Morgan fingerprint density at radius 2 is 2.35 bits per heavy atom. The number of piperidine rings is 1. The average Bonchev–Trinajstić information content (AvgIpc) is 2.77. The molecule has 0 aromatic carbocycles. The van der Waals surface area contributed by atoms with Crippen LogP contribution in [0.3, 0.4) is 0 Å². The van der Waals surface area contributed by atoms with Crippen molar-refractivity contribution in [1.29, 1.82) is 0 Å². The Kier molecular flexibility index (Phi) is 4.18. The van der Waals surface area contributed by atoms with E-state index in [1.165, 1.54) is 25.8 Å². The highest BCUT2D eigenvalue weighted by molar-refractivity contribution is 4.97. The molecule has 0 amide bonds. The quantitative estimate of drug-likeness (QED) is 0.871. The Hall–Kier alpha value is -0.870. The number of rotatable bonds is 4. The molecule has 96 valence electrons. The molecule has 1 N–H and O–H groups in total. The zero-order chi connectivity index (χ0) is 12.3. The van der Waals surface area contributed by atoms with Gasteiger partial charge in [0.15, 0.2) is 5.89 Å². The van der Waals surface area contributed by atoms with Crippen LogP contribution in [0.4, 0.5) is 0 Å². The molecule has 4 nitrogen and oxygen atoms in total. The van der Waals surface area contributed by atoms with E-state index in [-0.39, 0.29) is 6.61 Å². The van der Waals surface area contributed by atoms with Crippen LogP contribution in [0.5, 0.6) is 0 Å². The van der Waals surface area contributed by atoms with E-state index in [2.05, 4.69) is 23.7 Å². The molecule has 0 radical (unpaired) electrons. The summed E-state index contributed by atoms with van der Waals surface area (Å²) >= 11 is 0. The summed E-state index contributed by atoms with van der Waals surface area (Å²) in [6.07, 6.45) is 6.22. The van der Waals surface area contributed by atoms with Crippen LogP contribution >= 0.6 is 0 Å². The monoisotopic (exact) mass is 238 g/mol. The van der Waals surface area contributed by atoms with Crippen LogP contribution in [0.25, 0.3) is 0 Å². The standard InChI is InChI=1S/C13H22N2O2/c1-10(2)15-6-4-3-5-12(15)7-13-14-11(8-16)9-17-13/h9-10,12,16H,3-8H2,1-2H3. The number of aliphatic hydroxyl groups excluding tert-OH is 1. The Bertz CT molecular complexity index is 349. The Morgan fingerprint density at radius 1 is 1.53 bits per heavy atom. The van der Waals surface area contributed by atoms with Crippen LogP contribution < -0.4 is 0 Å². The highest BCUT2D eigenvalue weighted by atomic mass is 16.3. The van der Waals surface area contributed by atoms with Crippen molar-refractivity contribution >= 4 is 0 Å². The first-order chi connectivity index (χ1) is 8.20. The number of hydrogen-bond acceptors (Lipinski definition) is 4. The van der Waals surface area contributed by atoms with Crippen LogP contribution in [-0.4, -0.2) is 33.6 Å². The zero-order valence-electron chi connectivity index (χ0n) is 10.7. The van der Waals surface area contributed by atoms with E-state index in [0.717, 1.165) is 12.3 Å². The van der Waals surface area contributed by atoms with Crippen molar-refractivity contribution in [3.05, 3.63) is 17.8 Å². The van der Waals surface area contributed by atoms with E-state index in [1.807, 2.05) is 0 Å². The maximum Gasteiger partial charge on any atom is 0.195 e. The number of oxazole rings is 1. The summed E-state index contributed by atoms with van der Waals surface area (Å²) in [5.74, 6) is 0.756. The lowest BCUT2D eigenvalue weighted by atomic mass is 9.98. The van der Waals surface area contributed by atoms with Crippen LogP contribution in [0, 0.1) is 0 Å². The van der Waals surface area contributed by atoms with Gasteiger partial charge in [-0.1, -0.05) is 6.42 Å². The molecule has 1 aromatic heterocycles. The van der Waals surface area contributed by atoms with Gasteiger partial charge in [-0.3, -0.25) is 4.90 Å². The molecule has 0 saturated carbocycles. The summed E-state index contributed by atoms with van der Waals surface area (Å²) < 4.78 is 5.39. The minimum absolute atomic E-state index is 0.0396.